The van der Waals surface area contributed by atoms with Gasteiger partial charge < -0.3 is 19.9 Å². The highest BCUT2D eigenvalue weighted by atomic mass is 16.5. The molecule has 3 N–H and O–H groups in total. The van der Waals surface area contributed by atoms with Gasteiger partial charge in [0.05, 0.1) is 18.8 Å². The summed E-state index contributed by atoms with van der Waals surface area (Å²) in [5.74, 6) is 0.396. The molecule has 1 aromatic carbocycles. The molecule has 1 fully saturated rings. The van der Waals surface area contributed by atoms with Gasteiger partial charge in [0.1, 0.15) is 12.3 Å². The number of methoxy groups -OCH3 is 1. The van der Waals surface area contributed by atoms with Crippen LogP contribution in [0.2, 0.25) is 0 Å². The van der Waals surface area contributed by atoms with Crippen LogP contribution in [0.4, 0.5) is 10.5 Å². The van der Waals surface area contributed by atoms with E-state index in [0.29, 0.717) is 24.8 Å². The highest BCUT2D eigenvalue weighted by Crippen LogP contribution is 2.31. The minimum atomic E-state index is -0.541. The number of carbonyl (C=O) groups excluding carboxylic acids is 1. The lowest BCUT2D eigenvalue weighted by Gasteiger charge is -2.26. The van der Waals surface area contributed by atoms with Gasteiger partial charge >= 0.3 is 6.09 Å². The van der Waals surface area contributed by atoms with Gasteiger partial charge in [-0.2, -0.15) is 0 Å². The molecule has 0 aliphatic heterocycles. The number of aromatic nitrogens is 2. The Labute approximate surface area is 171 Å². The van der Waals surface area contributed by atoms with E-state index in [0.717, 1.165) is 37.7 Å². The van der Waals surface area contributed by atoms with Crippen LogP contribution in [-0.4, -0.2) is 42.2 Å². The maximum absolute atomic E-state index is 12.3. The summed E-state index contributed by atoms with van der Waals surface area (Å²) < 4.78 is 18.0. The largest absolute Gasteiger partial charge is 0.475 e. The monoisotopic (exact) mass is 402 g/mol. The Morgan fingerprint density at radius 3 is 2.69 bits per heavy atom. The van der Waals surface area contributed by atoms with Gasteiger partial charge in [-0.15, -0.1) is 5.10 Å². The van der Waals surface area contributed by atoms with Crippen molar-refractivity contribution in [1.29, 1.82) is 0 Å². The molecule has 1 aliphatic rings. The highest BCUT2D eigenvalue weighted by Gasteiger charge is 2.23. The molecule has 2 aromatic rings. The second-order valence-corrected chi connectivity index (χ2v) is 7.28. The van der Waals surface area contributed by atoms with Gasteiger partial charge in [0.25, 0.3) is 5.88 Å². The number of hydrogen-bond acceptors (Lipinski definition) is 6. The molecular weight excluding hydrogens is 372 g/mol. The number of nitrogens with zero attached hydrogens (tertiary/aromatic N) is 2. The lowest BCUT2D eigenvalue weighted by molar-refractivity contribution is 0.154. The minimum Gasteiger partial charge on any atom is -0.475 e. The average molecular weight is 402 g/mol. The molecule has 0 atom stereocenters. The Morgan fingerprint density at radius 2 is 1.97 bits per heavy atom. The third-order valence-electron chi connectivity index (χ3n) is 4.99. The fraction of sp³-hybridized carbons (Fsp3) is 0.524. The van der Waals surface area contributed by atoms with E-state index < -0.39 is 6.09 Å². The van der Waals surface area contributed by atoms with E-state index in [9.17, 15) is 4.79 Å². The van der Waals surface area contributed by atoms with Crippen molar-refractivity contribution in [2.45, 2.75) is 50.8 Å². The molecular formula is C21H30N4O4. The van der Waals surface area contributed by atoms with Crippen molar-refractivity contribution in [3.05, 3.63) is 42.1 Å². The van der Waals surface area contributed by atoms with Gasteiger partial charge in [0.2, 0.25) is 0 Å². The molecule has 158 valence electrons. The molecule has 1 saturated carbocycles. The molecule has 3 rings (SSSR count). The molecule has 1 aromatic heterocycles. The van der Waals surface area contributed by atoms with Crippen molar-refractivity contribution in [1.82, 2.24) is 9.78 Å². The summed E-state index contributed by atoms with van der Waals surface area (Å²) in [6.07, 6.45) is 5.87. The SMILES string of the molecule is COCCCOc1nn(C2CCC(N)CC2)cc1NC(=O)OCc1ccccc1. The molecule has 1 aliphatic carbocycles. The summed E-state index contributed by atoms with van der Waals surface area (Å²) in [6.45, 7) is 1.25. The number of carbonyl (C=O) groups is 1. The van der Waals surface area contributed by atoms with Crippen molar-refractivity contribution in [2.75, 3.05) is 25.6 Å². The van der Waals surface area contributed by atoms with E-state index in [1.165, 1.54) is 0 Å². The quantitative estimate of drug-likeness (QED) is 0.623. The van der Waals surface area contributed by atoms with Crippen LogP contribution in [0.15, 0.2) is 36.5 Å². The van der Waals surface area contributed by atoms with Crippen molar-refractivity contribution in [3.8, 4) is 5.88 Å². The van der Waals surface area contributed by atoms with Gasteiger partial charge in [-0.1, -0.05) is 30.3 Å². The normalized spacial score (nSPS) is 19.0. The predicted molar refractivity (Wildman–Crippen MR) is 110 cm³/mol. The Hall–Kier alpha value is -2.58. The van der Waals surface area contributed by atoms with E-state index in [2.05, 4.69) is 10.4 Å². The van der Waals surface area contributed by atoms with Gasteiger partial charge in [0, 0.05) is 26.2 Å². The average Bonchev–Trinajstić information content (AvgIpc) is 3.13. The first-order valence-electron chi connectivity index (χ1n) is 10.1. The maximum atomic E-state index is 12.3. The van der Waals surface area contributed by atoms with Crippen molar-refractivity contribution >= 4 is 11.8 Å². The smallest absolute Gasteiger partial charge is 0.412 e. The fourth-order valence-electron chi connectivity index (χ4n) is 3.36. The van der Waals surface area contributed by atoms with Gasteiger partial charge in [-0.3, -0.25) is 10.00 Å². The van der Waals surface area contributed by atoms with Crippen LogP contribution in [0.3, 0.4) is 0 Å². The third-order valence-corrected chi connectivity index (χ3v) is 4.99. The fourth-order valence-corrected chi connectivity index (χ4v) is 3.36. The zero-order valence-electron chi connectivity index (χ0n) is 16.9. The van der Waals surface area contributed by atoms with E-state index in [-0.39, 0.29) is 18.7 Å². The first-order valence-corrected chi connectivity index (χ1v) is 10.1. The standard InChI is InChI=1S/C21H30N4O4/c1-27-12-5-13-28-20-19(14-25(24-20)18-10-8-17(22)9-11-18)23-21(26)29-15-16-6-3-2-4-7-16/h2-4,6-7,14,17-18H,5,8-13,15,22H2,1H3,(H,23,26). The van der Waals surface area contributed by atoms with Crippen LogP contribution in [0.1, 0.15) is 43.7 Å². The van der Waals surface area contributed by atoms with E-state index in [1.54, 1.807) is 7.11 Å². The number of amides is 1. The summed E-state index contributed by atoms with van der Waals surface area (Å²) in [5.41, 5.74) is 7.45. The zero-order chi connectivity index (χ0) is 20.5. The summed E-state index contributed by atoms with van der Waals surface area (Å²) >= 11 is 0. The number of hydrogen-bond donors (Lipinski definition) is 2. The third kappa shape index (κ3) is 6.47. The van der Waals surface area contributed by atoms with Crippen LogP contribution < -0.4 is 15.8 Å². The molecule has 1 heterocycles. The van der Waals surface area contributed by atoms with E-state index in [1.807, 2.05) is 41.2 Å². The molecule has 8 nitrogen and oxygen atoms in total. The number of ether oxygens (including phenoxy) is 3. The van der Waals surface area contributed by atoms with E-state index in [4.69, 9.17) is 19.9 Å². The Morgan fingerprint density at radius 1 is 1.21 bits per heavy atom. The number of benzene rings is 1. The van der Waals surface area contributed by atoms with Crippen LogP contribution in [0.5, 0.6) is 5.88 Å². The van der Waals surface area contributed by atoms with Crippen LogP contribution in [-0.2, 0) is 16.1 Å². The molecule has 0 saturated heterocycles. The van der Waals surface area contributed by atoms with Gasteiger partial charge in [-0.05, 0) is 31.2 Å². The molecule has 8 heteroatoms. The number of nitrogens with one attached hydrogen (secondary N) is 1. The van der Waals surface area contributed by atoms with Crippen LogP contribution in [0, 0.1) is 0 Å². The van der Waals surface area contributed by atoms with Gasteiger partial charge in [-0.25, -0.2) is 4.79 Å². The lowest BCUT2D eigenvalue weighted by atomic mass is 9.92. The number of nitrogens with two attached hydrogens (primary N) is 1. The molecule has 0 spiro atoms. The summed E-state index contributed by atoms with van der Waals surface area (Å²) in [4.78, 5) is 12.3. The van der Waals surface area contributed by atoms with Crippen molar-refractivity contribution < 1.29 is 19.0 Å². The zero-order valence-corrected chi connectivity index (χ0v) is 16.9. The second-order valence-electron chi connectivity index (χ2n) is 7.28. The number of anilines is 1. The second kappa shape index (κ2) is 10.8. The highest BCUT2D eigenvalue weighted by molar-refractivity contribution is 5.86. The summed E-state index contributed by atoms with van der Waals surface area (Å²) in [6, 6.07) is 10.1. The molecule has 0 bridgehead atoms. The van der Waals surface area contributed by atoms with E-state index >= 15 is 0 Å². The summed E-state index contributed by atoms with van der Waals surface area (Å²) in [5, 5.41) is 7.33. The van der Waals surface area contributed by atoms with Crippen molar-refractivity contribution in [2.24, 2.45) is 5.73 Å². The Balaban J connectivity index is 1.63. The predicted octanol–water partition coefficient (Wildman–Crippen LogP) is 3.49. The van der Waals surface area contributed by atoms with Crippen LogP contribution >= 0.6 is 0 Å². The first kappa shape index (κ1) is 21.1. The topological polar surface area (TPSA) is 101 Å². The Kier molecular flexibility index (Phi) is 7.89. The molecule has 0 unspecified atom stereocenters. The summed E-state index contributed by atoms with van der Waals surface area (Å²) in [7, 11) is 1.65. The number of rotatable bonds is 9. The molecule has 1 amide bonds. The lowest BCUT2D eigenvalue weighted by Crippen LogP contribution is -2.28. The minimum absolute atomic E-state index is 0.200. The molecule has 29 heavy (non-hydrogen) atoms. The Bertz CT molecular complexity index is 757. The van der Waals surface area contributed by atoms with Gasteiger partial charge in [0.15, 0.2) is 0 Å². The molecule has 0 radical (unpaired) electrons. The first-order chi connectivity index (χ1) is 14.2. The van der Waals surface area contributed by atoms with Crippen LogP contribution in [0.25, 0.3) is 0 Å². The van der Waals surface area contributed by atoms with Crippen molar-refractivity contribution in [3.63, 3.8) is 0 Å². The maximum Gasteiger partial charge on any atom is 0.412 e.